The van der Waals surface area contributed by atoms with Crippen molar-refractivity contribution in [1.29, 1.82) is 0 Å². The number of rotatable bonds is 5. The van der Waals surface area contributed by atoms with Gasteiger partial charge in [0.2, 0.25) is 15.9 Å². The zero-order valence-corrected chi connectivity index (χ0v) is 14.0. The van der Waals surface area contributed by atoms with Gasteiger partial charge in [0.1, 0.15) is 6.04 Å². The van der Waals surface area contributed by atoms with Crippen molar-refractivity contribution < 1.29 is 13.2 Å². The van der Waals surface area contributed by atoms with E-state index in [9.17, 15) is 13.2 Å². The van der Waals surface area contributed by atoms with Crippen LogP contribution in [0.5, 0.6) is 0 Å². The number of sulfonamides is 1. The van der Waals surface area contributed by atoms with Crippen molar-refractivity contribution in [2.45, 2.75) is 40.2 Å². The Morgan fingerprint density at radius 3 is 2.10 bits per heavy atom. The Morgan fingerprint density at radius 2 is 1.71 bits per heavy atom. The highest BCUT2D eigenvalue weighted by Crippen LogP contribution is 2.21. The average molecular weight is 312 g/mol. The predicted octanol–water partition coefficient (Wildman–Crippen LogP) is 2.15. The van der Waals surface area contributed by atoms with Crippen LogP contribution in [0, 0.1) is 5.41 Å². The summed E-state index contributed by atoms with van der Waals surface area (Å²) in [6, 6.07) is 6.67. The average Bonchev–Trinajstić information content (AvgIpc) is 2.34. The van der Waals surface area contributed by atoms with Gasteiger partial charge in [0, 0.05) is 5.69 Å². The van der Waals surface area contributed by atoms with Gasteiger partial charge in [0.25, 0.3) is 0 Å². The lowest BCUT2D eigenvalue weighted by atomic mass is 9.87. The summed E-state index contributed by atoms with van der Waals surface area (Å²) in [6.07, 6.45) is 1.98. The second kappa shape index (κ2) is 6.58. The van der Waals surface area contributed by atoms with Crippen LogP contribution in [0.15, 0.2) is 24.3 Å². The van der Waals surface area contributed by atoms with E-state index in [1.54, 1.807) is 0 Å². The van der Waals surface area contributed by atoms with E-state index in [-0.39, 0.29) is 5.91 Å². The molecule has 0 heterocycles. The molecule has 6 heteroatoms. The van der Waals surface area contributed by atoms with E-state index >= 15 is 0 Å². The van der Waals surface area contributed by atoms with E-state index in [2.05, 4.69) is 17.0 Å². The number of anilines is 1. The van der Waals surface area contributed by atoms with E-state index in [1.165, 1.54) is 5.56 Å². The number of nitrogens with one attached hydrogen (secondary N) is 2. The lowest BCUT2D eigenvalue weighted by molar-refractivity contribution is -0.119. The molecule has 1 aromatic carbocycles. The lowest BCUT2D eigenvalue weighted by Gasteiger charge is -2.29. The monoisotopic (exact) mass is 312 g/mol. The second-order valence-electron chi connectivity index (χ2n) is 6.23. The Labute approximate surface area is 127 Å². The van der Waals surface area contributed by atoms with E-state index in [0.29, 0.717) is 5.69 Å². The Kier molecular flexibility index (Phi) is 5.53. The molecule has 0 spiro atoms. The fourth-order valence-corrected chi connectivity index (χ4v) is 2.76. The summed E-state index contributed by atoms with van der Waals surface area (Å²) in [7, 11) is -3.47. The zero-order valence-electron chi connectivity index (χ0n) is 13.2. The Balaban J connectivity index is 2.90. The molecule has 0 aliphatic heterocycles. The second-order valence-corrected chi connectivity index (χ2v) is 8.01. The molecule has 0 radical (unpaired) electrons. The van der Waals surface area contributed by atoms with Gasteiger partial charge in [-0.05, 0) is 29.5 Å². The molecule has 5 nitrogen and oxygen atoms in total. The minimum atomic E-state index is -3.47. The highest BCUT2D eigenvalue weighted by atomic mass is 32.2. The molecular formula is C15H24N2O3S. The smallest absolute Gasteiger partial charge is 0.243 e. The molecule has 0 aliphatic carbocycles. The Bertz CT molecular complexity index is 586. The summed E-state index contributed by atoms with van der Waals surface area (Å²) in [4.78, 5) is 12.4. The third-order valence-corrected chi connectivity index (χ3v) is 3.75. The molecule has 1 rings (SSSR count). The molecular weight excluding hydrogens is 288 g/mol. The maximum Gasteiger partial charge on any atom is 0.243 e. The molecule has 1 atom stereocenters. The third kappa shape index (κ3) is 5.85. The van der Waals surface area contributed by atoms with Crippen LogP contribution >= 0.6 is 0 Å². The SMILES string of the molecule is CCc1ccc(NC(=O)C(NS(C)(=O)=O)C(C)(C)C)cc1. The molecule has 0 aromatic heterocycles. The van der Waals surface area contributed by atoms with Gasteiger partial charge in [0.05, 0.1) is 6.26 Å². The number of benzene rings is 1. The van der Waals surface area contributed by atoms with Crippen LogP contribution < -0.4 is 10.0 Å². The highest BCUT2D eigenvalue weighted by Gasteiger charge is 2.33. The first kappa shape index (κ1) is 17.7. The van der Waals surface area contributed by atoms with Crippen molar-refractivity contribution in [1.82, 2.24) is 4.72 Å². The molecule has 0 saturated heterocycles. The molecule has 1 amide bonds. The Morgan fingerprint density at radius 1 is 1.19 bits per heavy atom. The largest absolute Gasteiger partial charge is 0.325 e. The normalized spacial score (nSPS) is 13.8. The first-order valence-electron chi connectivity index (χ1n) is 6.90. The van der Waals surface area contributed by atoms with Crippen LogP contribution in [0.1, 0.15) is 33.3 Å². The van der Waals surface area contributed by atoms with Gasteiger partial charge < -0.3 is 5.32 Å². The third-order valence-electron chi connectivity index (χ3n) is 3.09. The van der Waals surface area contributed by atoms with Crippen molar-refractivity contribution in [2.75, 3.05) is 11.6 Å². The summed E-state index contributed by atoms with van der Waals surface area (Å²) in [5.41, 5.74) is 1.30. The number of amides is 1. The lowest BCUT2D eigenvalue weighted by Crippen LogP contribution is -2.51. The first-order chi connectivity index (χ1) is 9.53. The molecule has 118 valence electrons. The topological polar surface area (TPSA) is 75.3 Å². The van der Waals surface area contributed by atoms with E-state index < -0.39 is 21.5 Å². The molecule has 0 saturated carbocycles. The van der Waals surface area contributed by atoms with Crippen LogP contribution in [0.3, 0.4) is 0 Å². The molecule has 0 aliphatic rings. The van der Waals surface area contributed by atoms with Crippen molar-refractivity contribution in [3.05, 3.63) is 29.8 Å². The van der Waals surface area contributed by atoms with Crippen LogP contribution in [0.4, 0.5) is 5.69 Å². The molecule has 0 bridgehead atoms. The maximum atomic E-state index is 12.4. The number of hydrogen-bond donors (Lipinski definition) is 2. The minimum absolute atomic E-state index is 0.364. The van der Waals surface area contributed by atoms with E-state index in [0.717, 1.165) is 12.7 Å². The van der Waals surface area contributed by atoms with Crippen LogP contribution in [-0.2, 0) is 21.2 Å². The maximum absolute atomic E-state index is 12.4. The van der Waals surface area contributed by atoms with Gasteiger partial charge in [-0.3, -0.25) is 4.79 Å². The van der Waals surface area contributed by atoms with Gasteiger partial charge in [0.15, 0.2) is 0 Å². The van der Waals surface area contributed by atoms with Crippen LogP contribution in [0.25, 0.3) is 0 Å². The Hall–Kier alpha value is -1.40. The quantitative estimate of drug-likeness (QED) is 0.875. The fourth-order valence-electron chi connectivity index (χ4n) is 1.88. The van der Waals surface area contributed by atoms with Gasteiger partial charge in [-0.1, -0.05) is 39.8 Å². The van der Waals surface area contributed by atoms with E-state index in [4.69, 9.17) is 0 Å². The number of hydrogen-bond acceptors (Lipinski definition) is 3. The van der Waals surface area contributed by atoms with Gasteiger partial charge in [-0.2, -0.15) is 0 Å². The zero-order chi connectivity index (χ0) is 16.3. The minimum Gasteiger partial charge on any atom is -0.325 e. The number of aryl methyl sites for hydroxylation is 1. The van der Waals surface area contributed by atoms with Gasteiger partial charge in [-0.25, -0.2) is 13.1 Å². The van der Waals surface area contributed by atoms with Gasteiger partial charge in [-0.15, -0.1) is 0 Å². The van der Waals surface area contributed by atoms with Crippen molar-refractivity contribution in [3.63, 3.8) is 0 Å². The predicted molar refractivity (Wildman–Crippen MR) is 85.7 cm³/mol. The van der Waals surface area contributed by atoms with E-state index in [1.807, 2.05) is 45.0 Å². The number of carbonyl (C=O) groups is 1. The van der Waals surface area contributed by atoms with Crippen LogP contribution in [0.2, 0.25) is 0 Å². The first-order valence-corrected chi connectivity index (χ1v) is 8.79. The molecule has 0 fully saturated rings. The van der Waals surface area contributed by atoms with Crippen molar-refractivity contribution in [3.8, 4) is 0 Å². The number of carbonyl (C=O) groups excluding carboxylic acids is 1. The van der Waals surface area contributed by atoms with Crippen molar-refractivity contribution in [2.24, 2.45) is 5.41 Å². The highest BCUT2D eigenvalue weighted by molar-refractivity contribution is 7.88. The summed E-state index contributed by atoms with van der Waals surface area (Å²) in [5, 5.41) is 2.76. The van der Waals surface area contributed by atoms with Crippen LogP contribution in [-0.4, -0.2) is 26.6 Å². The molecule has 2 N–H and O–H groups in total. The molecule has 21 heavy (non-hydrogen) atoms. The standard InChI is InChI=1S/C15H24N2O3S/c1-6-11-7-9-12(10-8-11)16-14(18)13(15(2,3)4)17-21(5,19)20/h7-10,13,17H,6H2,1-5H3,(H,16,18). The molecule has 1 aromatic rings. The van der Waals surface area contributed by atoms with Gasteiger partial charge >= 0.3 is 0 Å². The molecule has 1 unspecified atom stereocenters. The summed E-state index contributed by atoms with van der Waals surface area (Å²) in [5.74, 6) is -0.364. The summed E-state index contributed by atoms with van der Waals surface area (Å²) >= 11 is 0. The summed E-state index contributed by atoms with van der Waals surface area (Å²) in [6.45, 7) is 7.50. The van der Waals surface area contributed by atoms with Crippen molar-refractivity contribution >= 4 is 21.6 Å². The summed E-state index contributed by atoms with van der Waals surface area (Å²) < 4.78 is 25.3. The fraction of sp³-hybridized carbons (Fsp3) is 0.533.